The van der Waals surface area contributed by atoms with E-state index >= 15 is 0 Å². The smallest absolute Gasteiger partial charge is 0.191 e. The van der Waals surface area contributed by atoms with E-state index in [1.807, 2.05) is 26.0 Å². The number of nitrogens with zero attached hydrogens (tertiary/aromatic N) is 1. The standard InChI is InChI=1S/C17H21F2N3O.HI/c1-3-20-17(22-11-14-5-4-8-23-14)21-10-12(2)13-6-7-15(18)16(19)9-13;/h4-9,12H,3,10-11H2,1-2H3,(H2,20,21,22);1H. The van der Waals surface area contributed by atoms with E-state index in [2.05, 4.69) is 15.6 Å². The van der Waals surface area contributed by atoms with Gasteiger partial charge in [0.15, 0.2) is 17.6 Å². The van der Waals surface area contributed by atoms with Crippen LogP contribution in [0.15, 0.2) is 46.0 Å². The van der Waals surface area contributed by atoms with Crippen LogP contribution in [0.25, 0.3) is 0 Å². The highest BCUT2D eigenvalue weighted by Crippen LogP contribution is 2.17. The number of halogens is 3. The van der Waals surface area contributed by atoms with Crippen molar-refractivity contribution in [3.8, 4) is 0 Å². The van der Waals surface area contributed by atoms with E-state index in [4.69, 9.17) is 4.42 Å². The zero-order valence-corrected chi connectivity index (χ0v) is 16.0. The molecule has 1 aromatic heterocycles. The molecular weight excluding hydrogens is 427 g/mol. The first kappa shape index (κ1) is 20.4. The van der Waals surface area contributed by atoms with E-state index in [0.717, 1.165) is 23.9 Å². The molecule has 0 saturated carbocycles. The number of nitrogens with one attached hydrogen (secondary N) is 2. The van der Waals surface area contributed by atoms with Crippen LogP contribution in [0.5, 0.6) is 0 Å². The Morgan fingerprint density at radius 3 is 2.62 bits per heavy atom. The fraction of sp³-hybridized carbons (Fsp3) is 0.353. The highest BCUT2D eigenvalue weighted by molar-refractivity contribution is 14.0. The van der Waals surface area contributed by atoms with Gasteiger partial charge in [-0.05, 0) is 42.7 Å². The molecule has 0 aliphatic rings. The Kier molecular flexibility index (Phi) is 8.73. The maximum atomic E-state index is 13.3. The Hall–Kier alpha value is -1.64. The molecule has 0 fully saturated rings. The third kappa shape index (κ3) is 6.10. The molecule has 1 unspecified atom stereocenters. The summed E-state index contributed by atoms with van der Waals surface area (Å²) in [5, 5.41) is 6.33. The molecule has 0 aliphatic carbocycles. The molecule has 1 atom stereocenters. The first-order valence-electron chi connectivity index (χ1n) is 7.59. The summed E-state index contributed by atoms with van der Waals surface area (Å²) in [6, 6.07) is 7.65. The summed E-state index contributed by atoms with van der Waals surface area (Å²) in [5.41, 5.74) is 0.735. The van der Waals surface area contributed by atoms with Crippen LogP contribution in [0.4, 0.5) is 8.78 Å². The van der Waals surface area contributed by atoms with Crippen molar-refractivity contribution in [1.29, 1.82) is 0 Å². The topological polar surface area (TPSA) is 49.6 Å². The van der Waals surface area contributed by atoms with E-state index in [1.54, 1.807) is 12.3 Å². The van der Waals surface area contributed by atoms with Gasteiger partial charge in [0.1, 0.15) is 12.3 Å². The number of hydrogen-bond donors (Lipinski definition) is 2. The third-order valence-electron chi connectivity index (χ3n) is 3.41. The lowest BCUT2D eigenvalue weighted by atomic mass is 10.0. The second-order valence-electron chi connectivity index (χ2n) is 5.23. The molecule has 0 saturated heterocycles. The predicted octanol–water partition coefficient (Wildman–Crippen LogP) is 4.03. The second kappa shape index (κ2) is 10.3. The van der Waals surface area contributed by atoms with Gasteiger partial charge in [0.05, 0.1) is 6.26 Å². The van der Waals surface area contributed by atoms with Crippen molar-refractivity contribution >= 4 is 29.9 Å². The summed E-state index contributed by atoms with van der Waals surface area (Å²) >= 11 is 0. The molecule has 2 rings (SSSR count). The maximum absolute atomic E-state index is 13.3. The summed E-state index contributed by atoms with van der Waals surface area (Å²) < 4.78 is 31.5. The van der Waals surface area contributed by atoms with E-state index in [0.29, 0.717) is 19.0 Å². The molecule has 0 amide bonds. The predicted molar refractivity (Wildman–Crippen MR) is 102 cm³/mol. The van der Waals surface area contributed by atoms with Crippen molar-refractivity contribution in [3.05, 3.63) is 59.6 Å². The van der Waals surface area contributed by atoms with Crippen LogP contribution < -0.4 is 10.6 Å². The average Bonchev–Trinajstić information content (AvgIpc) is 3.06. The highest BCUT2D eigenvalue weighted by atomic mass is 127. The van der Waals surface area contributed by atoms with E-state index in [-0.39, 0.29) is 29.9 Å². The van der Waals surface area contributed by atoms with Crippen molar-refractivity contribution in [2.24, 2.45) is 4.99 Å². The molecule has 4 nitrogen and oxygen atoms in total. The summed E-state index contributed by atoms with van der Waals surface area (Å²) in [6.45, 7) is 5.62. The minimum absolute atomic E-state index is 0. The molecule has 7 heteroatoms. The minimum atomic E-state index is -0.831. The fourth-order valence-corrected chi connectivity index (χ4v) is 2.09. The monoisotopic (exact) mass is 449 g/mol. The Morgan fingerprint density at radius 1 is 1.21 bits per heavy atom. The Labute approximate surface area is 157 Å². The first-order valence-corrected chi connectivity index (χ1v) is 7.59. The lowest BCUT2D eigenvalue weighted by Crippen LogP contribution is -2.39. The quantitative estimate of drug-likeness (QED) is 0.398. The molecule has 1 aromatic carbocycles. The molecule has 132 valence electrons. The normalized spacial score (nSPS) is 12.4. The van der Waals surface area contributed by atoms with Gasteiger partial charge >= 0.3 is 0 Å². The zero-order chi connectivity index (χ0) is 16.7. The fourth-order valence-electron chi connectivity index (χ4n) is 2.09. The van der Waals surface area contributed by atoms with Gasteiger partial charge in [-0.2, -0.15) is 0 Å². The lowest BCUT2D eigenvalue weighted by Gasteiger charge is -2.16. The van der Waals surface area contributed by atoms with Crippen LogP contribution >= 0.6 is 24.0 Å². The van der Waals surface area contributed by atoms with Crippen LogP contribution in [0.1, 0.15) is 31.1 Å². The summed E-state index contributed by atoms with van der Waals surface area (Å²) in [5.74, 6) is -0.221. The van der Waals surface area contributed by atoms with E-state index < -0.39 is 11.6 Å². The van der Waals surface area contributed by atoms with Crippen LogP contribution in [-0.2, 0) is 6.54 Å². The van der Waals surface area contributed by atoms with Crippen molar-refractivity contribution < 1.29 is 13.2 Å². The van der Waals surface area contributed by atoms with Crippen LogP contribution in [0.3, 0.4) is 0 Å². The van der Waals surface area contributed by atoms with Crippen molar-refractivity contribution in [2.75, 3.05) is 13.1 Å². The van der Waals surface area contributed by atoms with E-state index in [9.17, 15) is 8.78 Å². The second-order valence-corrected chi connectivity index (χ2v) is 5.23. The summed E-state index contributed by atoms with van der Waals surface area (Å²) in [7, 11) is 0. The maximum Gasteiger partial charge on any atom is 0.191 e. The average molecular weight is 449 g/mol. The number of aliphatic imine (C=N–C) groups is 1. The Balaban J connectivity index is 0.00000288. The molecule has 0 radical (unpaired) electrons. The van der Waals surface area contributed by atoms with Gasteiger partial charge in [-0.15, -0.1) is 24.0 Å². The third-order valence-corrected chi connectivity index (χ3v) is 3.41. The van der Waals surface area contributed by atoms with Gasteiger partial charge in [-0.3, -0.25) is 0 Å². The number of guanidine groups is 1. The van der Waals surface area contributed by atoms with Gasteiger partial charge in [-0.1, -0.05) is 13.0 Å². The van der Waals surface area contributed by atoms with Gasteiger partial charge in [0.2, 0.25) is 0 Å². The number of benzene rings is 1. The molecule has 0 aliphatic heterocycles. The van der Waals surface area contributed by atoms with Crippen molar-refractivity contribution in [2.45, 2.75) is 26.3 Å². The van der Waals surface area contributed by atoms with Gasteiger partial charge in [0.25, 0.3) is 0 Å². The molecule has 24 heavy (non-hydrogen) atoms. The van der Waals surface area contributed by atoms with Crippen LogP contribution in [0.2, 0.25) is 0 Å². The number of rotatable bonds is 6. The minimum Gasteiger partial charge on any atom is -0.467 e. The van der Waals surface area contributed by atoms with E-state index in [1.165, 1.54) is 6.07 Å². The first-order chi connectivity index (χ1) is 11.1. The largest absolute Gasteiger partial charge is 0.467 e. The molecule has 0 bridgehead atoms. The summed E-state index contributed by atoms with van der Waals surface area (Å²) in [4.78, 5) is 4.42. The summed E-state index contributed by atoms with van der Waals surface area (Å²) in [6.07, 6.45) is 1.61. The number of hydrogen-bond acceptors (Lipinski definition) is 2. The van der Waals surface area contributed by atoms with Crippen molar-refractivity contribution in [1.82, 2.24) is 10.6 Å². The molecular formula is C17H22F2IN3O. The Bertz CT molecular complexity index is 647. The Morgan fingerprint density at radius 2 is 2.00 bits per heavy atom. The van der Waals surface area contributed by atoms with Crippen molar-refractivity contribution in [3.63, 3.8) is 0 Å². The SMILES string of the molecule is CCNC(=NCc1ccco1)NCC(C)c1ccc(F)c(F)c1.I. The lowest BCUT2D eigenvalue weighted by molar-refractivity contribution is 0.505. The molecule has 2 N–H and O–H groups in total. The molecule has 0 spiro atoms. The van der Waals surface area contributed by atoms with Crippen LogP contribution in [-0.4, -0.2) is 19.0 Å². The van der Waals surface area contributed by atoms with Gasteiger partial charge in [0, 0.05) is 13.1 Å². The van der Waals surface area contributed by atoms with Gasteiger partial charge < -0.3 is 15.1 Å². The van der Waals surface area contributed by atoms with Crippen LogP contribution in [0, 0.1) is 11.6 Å². The zero-order valence-electron chi connectivity index (χ0n) is 13.7. The molecule has 1 heterocycles. The highest BCUT2D eigenvalue weighted by Gasteiger charge is 2.10. The van der Waals surface area contributed by atoms with Gasteiger partial charge in [-0.25, -0.2) is 13.8 Å². The number of furan rings is 1. The molecule has 2 aromatic rings.